The fourth-order valence-electron chi connectivity index (χ4n) is 9.66. The Kier molecular flexibility index (Phi) is 5.42. The van der Waals surface area contributed by atoms with Crippen molar-refractivity contribution in [3.05, 3.63) is 35.9 Å². The summed E-state index contributed by atoms with van der Waals surface area (Å²) in [5.74, 6) is 7.50. The van der Waals surface area contributed by atoms with Crippen LogP contribution in [0.4, 0.5) is 0 Å². The van der Waals surface area contributed by atoms with Gasteiger partial charge >= 0.3 is 0 Å². The van der Waals surface area contributed by atoms with Crippen molar-refractivity contribution in [2.45, 2.75) is 84.0 Å². The molecule has 0 radical (unpaired) electrons. The van der Waals surface area contributed by atoms with Gasteiger partial charge in [-0.25, -0.2) is 0 Å². The number of benzene rings is 1. The van der Waals surface area contributed by atoms with Crippen molar-refractivity contribution in [2.24, 2.45) is 46.8 Å². The Morgan fingerprint density at radius 3 is 2.59 bits per heavy atom. The van der Waals surface area contributed by atoms with Crippen LogP contribution in [-0.2, 0) is 4.79 Å². The number of likely N-dealkylation sites (tertiary alicyclic amines) is 1. The summed E-state index contributed by atoms with van der Waals surface area (Å²) < 4.78 is 0. The minimum absolute atomic E-state index is 0.397. The van der Waals surface area contributed by atoms with E-state index in [1.54, 1.807) is 0 Å². The van der Waals surface area contributed by atoms with E-state index in [1.807, 2.05) is 0 Å². The van der Waals surface area contributed by atoms with Crippen LogP contribution in [0.25, 0.3) is 0 Å². The lowest BCUT2D eigenvalue weighted by Crippen LogP contribution is -2.49. The largest absolute Gasteiger partial charge is 0.342 e. The molecule has 0 aromatic heterocycles. The Bertz CT molecular complexity index is 834. The fourth-order valence-corrected chi connectivity index (χ4v) is 9.66. The maximum atomic E-state index is 12.9. The molecule has 1 saturated heterocycles. The smallest absolute Gasteiger partial charge is 0.223 e. The summed E-state index contributed by atoms with van der Waals surface area (Å²) in [5.41, 5.74) is 1.82. The highest BCUT2D eigenvalue weighted by Gasteiger charge is 2.57. The number of amides is 1. The van der Waals surface area contributed by atoms with Gasteiger partial charge in [-0.15, -0.1) is 0 Å². The number of carbonyl (C=O) groups is 1. The Labute approximate surface area is 195 Å². The molecule has 1 heterocycles. The van der Waals surface area contributed by atoms with Crippen molar-refractivity contribution in [3.8, 4) is 0 Å². The Hall–Kier alpha value is -1.31. The standard InChI is InChI=1S/C30H43NO/c1-20-8-11-25-22(16-20)9-12-27-26(25)14-15-30(2)24(10-13-28(27)30)19-31-18-23(17-29(31)32)21-6-4-3-5-7-21/h3-7,20,22-28H,8-19H2,1-2H3/t20-,22+,23+,24+,25-,26?,27+,28?,30+/m0/s1. The molecule has 1 amide bonds. The van der Waals surface area contributed by atoms with Crippen LogP contribution in [0.1, 0.15) is 89.5 Å². The van der Waals surface area contributed by atoms with Crippen LogP contribution in [0.5, 0.6) is 0 Å². The topological polar surface area (TPSA) is 20.3 Å². The number of hydrogen-bond acceptors (Lipinski definition) is 1. The van der Waals surface area contributed by atoms with Crippen molar-refractivity contribution in [1.29, 1.82) is 0 Å². The molecule has 0 spiro atoms. The predicted molar refractivity (Wildman–Crippen MR) is 130 cm³/mol. The van der Waals surface area contributed by atoms with Crippen molar-refractivity contribution >= 4 is 5.91 Å². The molecule has 1 aliphatic heterocycles. The highest BCUT2D eigenvalue weighted by molar-refractivity contribution is 5.79. The molecular weight excluding hydrogens is 390 g/mol. The summed E-state index contributed by atoms with van der Waals surface area (Å²) in [7, 11) is 0. The molecule has 4 saturated carbocycles. The van der Waals surface area contributed by atoms with Gasteiger partial charge in [0.05, 0.1) is 0 Å². The number of carbonyl (C=O) groups excluding carboxylic acids is 1. The van der Waals surface area contributed by atoms with Crippen molar-refractivity contribution in [3.63, 3.8) is 0 Å². The van der Waals surface area contributed by atoms with Crippen LogP contribution >= 0.6 is 0 Å². The van der Waals surface area contributed by atoms with E-state index in [0.29, 0.717) is 23.7 Å². The molecule has 5 aliphatic rings. The number of rotatable bonds is 3. The van der Waals surface area contributed by atoms with Gasteiger partial charge in [-0.3, -0.25) is 4.79 Å². The normalized spacial score (nSPS) is 45.9. The third kappa shape index (κ3) is 3.46. The summed E-state index contributed by atoms with van der Waals surface area (Å²) in [6.45, 7) is 7.09. The fraction of sp³-hybridized carbons (Fsp3) is 0.767. The molecule has 1 aromatic rings. The molecule has 32 heavy (non-hydrogen) atoms. The second-order valence-electron chi connectivity index (χ2n) is 12.8. The van der Waals surface area contributed by atoms with Gasteiger partial charge in [-0.05, 0) is 104 Å². The van der Waals surface area contributed by atoms with Gasteiger partial charge in [-0.1, -0.05) is 50.6 Å². The lowest BCUT2D eigenvalue weighted by molar-refractivity contribution is -0.129. The number of fused-ring (bicyclic) bond motifs is 5. The quantitative estimate of drug-likeness (QED) is 0.507. The summed E-state index contributed by atoms with van der Waals surface area (Å²) in [6, 6.07) is 10.7. The average molecular weight is 434 g/mol. The molecule has 2 nitrogen and oxygen atoms in total. The number of hydrogen-bond donors (Lipinski definition) is 0. The molecule has 2 unspecified atom stereocenters. The van der Waals surface area contributed by atoms with Crippen LogP contribution < -0.4 is 0 Å². The zero-order chi connectivity index (χ0) is 21.9. The minimum atomic E-state index is 0.397. The first-order valence-electron chi connectivity index (χ1n) is 13.9. The predicted octanol–water partition coefficient (Wildman–Crippen LogP) is 6.91. The molecule has 2 heteroatoms. The van der Waals surface area contributed by atoms with E-state index in [9.17, 15) is 4.79 Å². The maximum Gasteiger partial charge on any atom is 0.223 e. The second kappa shape index (κ2) is 8.17. The average Bonchev–Trinajstić information content (AvgIpc) is 3.34. The monoisotopic (exact) mass is 433 g/mol. The van der Waals surface area contributed by atoms with Crippen LogP contribution in [0.2, 0.25) is 0 Å². The summed E-state index contributed by atoms with van der Waals surface area (Å²) >= 11 is 0. The van der Waals surface area contributed by atoms with E-state index in [-0.39, 0.29) is 0 Å². The van der Waals surface area contributed by atoms with Gasteiger partial charge in [0, 0.05) is 25.4 Å². The lowest BCUT2D eigenvalue weighted by Gasteiger charge is -2.56. The summed E-state index contributed by atoms with van der Waals surface area (Å²) in [5, 5.41) is 0. The number of nitrogens with zero attached hydrogens (tertiary/aromatic N) is 1. The zero-order valence-corrected chi connectivity index (χ0v) is 20.3. The first kappa shape index (κ1) is 21.2. The van der Waals surface area contributed by atoms with Crippen molar-refractivity contribution in [1.82, 2.24) is 4.90 Å². The third-order valence-corrected chi connectivity index (χ3v) is 11.3. The van der Waals surface area contributed by atoms with Crippen LogP contribution in [0, 0.1) is 46.8 Å². The van der Waals surface area contributed by atoms with Gasteiger partial charge < -0.3 is 4.90 Å². The molecule has 4 aliphatic carbocycles. The molecule has 5 fully saturated rings. The summed E-state index contributed by atoms with van der Waals surface area (Å²) in [4.78, 5) is 15.2. The van der Waals surface area contributed by atoms with Gasteiger partial charge in [0.25, 0.3) is 0 Å². The Morgan fingerprint density at radius 2 is 1.75 bits per heavy atom. The van der Waals surface area contributed by atoms with Crippen LogP contribution in [0.3, 0.4) is 0 Å². The SMILES string of the molecule is C[C@H]1CC[C@@H]2C3CC[C@@]4(C)C(CC[C@@H]4CN4C[C@H](c5ccccc5)CC4=O)[C@@H]3CC[C@@H]2C1. The van der Waals surface area contributed by atoms with Crippen molar-refractivity contribution < 1.29 is 4.79 Å². The lowest BCUT2D eigenvalue weighted by atomic mass is 9.49. The second-order valence-corrected chi connectivity index (χ2v) is 12.8. The van der Waals surface area contributed by atoms with E-state index in [1.165, 1.54) is 63.4 Å². The van der Waals surface area contributed by atoms with Gasteiger partial charge in [0.1, 0.15) is 0 Å². The first-order valence-corrected chi connectivity index (χ1v) is 13.9. The Morgan fingerprint density at radius 1 is 0.938 bits per heavy atom. The van der Waals surface area contributed by atoms with Crippen molar-refractivity contribution in [2.75, 3.05) is 13.1 Å². The van der Waals surface area contributed by atoms with Crippen LogP contribution in [-0.4, -0.2) is 23.9 Å². The van der Waals surface area contributed by atoms with Crippen LogP contribution in [0.15, 0.2) is 30.3 Å². The minimum Gasteiger partial charge on any atom is -0.342 e. The molecular formula is C30H43NO. The van der Waals surface area contributed by atoms with E-state index in [0.717, 1.165) is 54.5 Å². The summed E-state index contributed by atoms with van der Waals surface area (Å²) in [6.07, 6.45) is 13.9. The van der Waals surface area contributed by atoms with E-state index in [4.69, 9.17) is 0 Å². The zero-order valence-electron chi connectivity index (χ0n) is 20.3. The highest BCUT2D eigenvalue weighted by Crippen LogP contribution is 2.64. The molecule has 0 bridgehead atoms. The molecule has 174 valence electrons. The maximum absolute atomic E-state index is 12.9. The van der Waals surface area contributed by atoms with Gasteiger partial charge in [0.15, 0.2) is 0 Å². The van der Waals surface area contributed by atoms with E-state index >= 15 is 0 Å². The first-order chi connectivity index (χ1) is 15.5. The molecule has 9 atom stereocenters. The highest BCUT2D eigenvalue weighted by atomic mass is 16.2. The third-order valence-electron chi connectivity index (χ3n) is 11.3. The van der Waals surface area contributed by atoms with Gasteiger partial charge in [0.2, 0.25) is 5.91 Å². The molecule has 1 aromatic carbocycles. The Balaban J connectivity index is 1.14. The van der Waals surface area contributed by atoms with E-state index in [2.05, 4.69) is 49.1 Å². The molecule has 6 rings (SSSR count). The van der Waals surface area contributed by atoms with Gasteiger partial charge in [-0.2, -0.15) is 0 Å². The van der Waals surface area contributed by atoms with E-state index < -0.39 is 0 Å². The molecule has 0 N–H and O–H groups in total.